The van der Waals surface area contributed by atoms with Gasteiger partial charge in [-0.2, -0.15) is 10.2 Å². The second kappa shape index (κ2) is 6.33. The van der Waals surface area contributed by atoms with Crippen molar-refractivity contribution in [2.45, 2.75) is 0 Å². The zero-order valence-corrected chi connectivity index (χ0v) is 13.7. The number of pyridine rings is 1. The van der Waals surface area contributed by atoms with Crippen LogP contribution in [0.3, 0.4) is 0 Å². The number of anilines is 1. The number of para-hydroxylation sites is 1. The van der Waals surface area contributed by atoms with Crippen LogP contribution in [0.25, 0.3) is 16.9 Å². The van der Waals surface area contributed by atoms with E-state index in [4.69, 9.17) is 11.6 Å². The number of carbonyl (C=O) groups excluding carboxylic acids is 1. The van der Waals surface area contributed by atoms with Crippen LogP contribution in [0, 0.1) is 0 Å². The minimum absolute atomic E-state index is 0.295. The van der Waals surface area contributed by atoms with Gasteiger partial charge in [-0.05, 0) is 36.4 Å². The maximum absolute atomic E-state index is 12.6. The molecule has 0 saturated carbocycles. The lowest BCUT2D eigenvalue weighted by Crippen LogP contribution is -2.14. The first-order chi connectivity index (χ1) is 12.2. The number of fused-ring (bicyclic) bond motifs is 1. The Morgan fingerprint density at radius 2 is 1.96 bits per heavy atom. The number of hydrogen-bond acceptors (Lipinski definition) is 4. The van der Waals surface area contributed by atoms with Gasteiger partial charge in [0.25, 0.3) is 5.91 Å². The zero-order valence-electron chi connectivity index (χ0n) is 12.9. The van der Waals surface area contributed by atoms with Crippen molar-refractivity contribution in [1.82, 2.24) is 19.6 Å². The smallest absolute Gasteiger partial charge is 0.274 e. The summed E-state index contributed by atoms with van der Waals surface area (Å²) < 4.78 is 1.72. The third-order valence-electron chi connectivity index (χ3n) is 3.73. The topological polar surface area (TPSA) is 72.2 Å². The van der Waals surface area contributed by atoms with Gasteiger partial charge in [0.05, 0.1) is 22.6 Å². The fraction of sp³-hybridized carbons (Fsp3) is 0. The monoisotopic (exact) mass is 349 g/mol. The molecule has 0 radical (unpaired) electrons. The van der Waals surface area contributed by atoms with Gasteiger partial charge in [0.1, 0.15) is 11.3 Å². The highest BCUT2D eigenvalue weighted by Crippen LogP contribution is 2.22. The molecule has 1 aromatic carbocycles. The largest absolute Gasteiger partial charge is 0.319 e. The van der Waals surface area contributed by atoms with Crippen molar-refractivity contribution in [3.05, 3.63) is 77.8 Å². The summed E-state index contributed by atoms with van der Waals surface area (Å²) in [4.78, 5) is 16.9. The van der Waals surface area contributed by atoms with Gasteiger partial charge in [-0.15, -0.1) is 0 Å². The fourth-order valence-electron chi connectivity index (χ4n) is 2.50. The minimum Gasteiger partial charge on any atom is -0.319 e. The lowest BCUT2D eigenvalue weighted by atomic mass is 10.2. The SMILES string of the molecule is O=C(Nc1ccccc1Cl)c1cnc2ccc(-c3cccnn3)cn12. The third-order valence-corrected chi connectivity index (χ3v) is 4.06. The predicted molar refractivity (Wildman–Crippen MR) is 95.6 cm³/mol. The molecule has 4 aromatic rings. The van der Waals surface area contributed by atoms with Crippen molar-refractivity contribution >= 4 is 28.8 Å². The lowest BCUT2D eigenvalue weighted by molar-refractivity contribution is 0.102. The molecule has 0 aliphatic rings. The maximum atomic E-state index is 12.6. The molecule has 0 spiro atoms. The summed E-state index contributed by atoms with van der Waals surface area (Å²) in [6.45, 7) is 0. The van der Waals surface area contributed by atoms with Crippen LogP contribution >= 0.6 is 11.6 Å². The highest BCUT2D eigenvalue weighted by Gasteiger charge is 2.14. The van der Waals surface area contributed by atoms with Gasteiger partial charge in [0.15, 0.2) is 0 Å². The minimum atomic E-state index is -0.295. The molecule has 3 aromatic heterocycles. The number of aromatic nitrogens is 4. The van der Waals surface area contributed by atoms with Gasteiger partial charge >= 0.3 is 0 Å². The van der Waals surface area contributed by atoms with Crippen LogP contribution in [0.5, 0.6) is 0 Å². The first-order valence-corrected chi connectivity index (χ1v) is 7.91. The van der Waals surface area contributed by atoms with Gasteiger partial charge in [0, 0.05) is 18.0 Å². The number of imidazole rings is 1. The van der Waals surface area contributed by atoms with E-state index >= 15 is 0 Å². The van der Waals surface area contributed by atoms with E-state index in [-0.39, 0.29) is 5.91 Å². The van der Waals surface area contributed by atoms with Gasteiger partial charge < -0.3 is 5.32 Å². The van der Waals surface area contributed by atoms with Crippen molar-refractivity contribution in [1.29, 1.82) is 0 Å². The molecule has 1 amide bonds. The highest BCUT2D eigenvalue weighted by molar-refractivity contribution is 6.33. The number of amides is 1. The Hall–Kier alpha value is -3.25. The summed E-state index contributed by atoms with van der Waals surface area (Å²) in [6, 6.07) is 14.5. The normalized spacial score (nSPS) is 10.8. The molecular weight excluding hydrogens is 338 g/mol. The summed E-state index contributed by atoms with van der Waals surface area (Å²) in [5, 5.41) is 11.3. The molecule has 4 rings (SSSR count). The van der Waals surface area contributed by atoms with Gasteiger partial charge in [-0.1, -0.05) is 23.7 Å². The van der Waals surface area contributed by atoms with E-state index in [1.54, 1.807) is 28.8 Å². The first kappa shape index (κ1) is 15.3. The molecule has 3 heterocycles. The van der Waals surface area contributed by atoms with E-state index in [2.05, 4.69) is 20.5 Å². The van der Waals surface area contributed by atoms with E-state index < -0.39 is 0 Å². The van der Waals surface area contributed by atoms with E-state index in [0.717, 1.165) is 11.3 Å². The Morgan fingerprint density at radius 3 is 2.76 bits per heavy atom. The van der Waals surface area contributed by atoms with Crippen LogP contribution < -0.4 is 5.32 Å². The number of carbonyl (C=O) groups is 1. The molecule has 7 heteroatoms. The summed E-state index contributed by atoms with van der Waals surface area (Å²) in [5.74, 6) is -0.295. The summed E-state index contributed by atoms with van der Waals surface area (Å²) in [5.41, 5.74) is 3.17. The van der Waals surface area contributed by atoms with Crippen molar-refractivity contribution in [2.24, 2.45) is 0 Å². The average Bonchev–Trinajstić information content (AvgIpc) is 3.07. The summed E-state index contributed by atoms with van der Waals surface area (Å²) >= 11 is 6.10. The van der Waals surface area contributed by atoms with E-state index in [0.29, 0.717) is 22.1 Å². The first-order valence-electron chi connectivity index (χ1n) is 7.53. The fourth-order valence-corrected chi connectivity index (χ4v) is 2.69. The molecule has 25 heavy (non-hydrogen) atoms. The van der Waals surface area contributed by atoms with E-state index in [9.17, 15) is 4.79 Å². The molecular formula is C18H12ClN5O. The Bertz CT molecular complexity index is 1060. The molecule has 122 valence electrons. The average molecular weight is 350 g/mol. The molecule has 0 saturated heterocycles. The van der Waals surface area contributed by atoms with Gasteiger partial charge in [-0.3, -0.25) is 9.20 Å². The van der Waals surface area contributed by atoms with Crippen molar-refractivity contribution in [3.8, 4) is 11.3 Å². The van der Waals surface area contributed by atoms with E-state index in [1.165, 1.54) is 6.20 Å². The third kappa shape index (κ3) is 2.95. The molecule has 0 fully saturated rings. The summed E-state index contributed by atoms with van der Waals surface area (Å²) in [7, 11) is 0. The molecule has 0 bridgehead atoms. The number of halogens is 1. The van der Waals surface area contributed by atoms with Crippen LogP contribution in [0.4, 0.5) is 5.69 Å². The number of benzene rings is 1. The second-order valence-corrected chi connectivity index (χ2v) is 5.74. The molecule has 0 aliphatic heterocycles. The molecule has 1 N–H and O–H groups in total. The number of rotatable bonds is 3. The van der Waals surface area contributed by atoms with Crippen molar-refractivity contribution in [3.63, 3.8) is 0 Å². The molecule has 0 unspecified atom stereocenters. The van der Waals surface area contributed by atoms with Gasteiger partial charge in [0.2, 0.25) is 0 Å². The molecule has 6 nitrogen and oxygen atoms in total. The van der Waals surface area contributed by atoms with Crippen LogP contribution in [0.2, 0.25) is 5.02 Å². The van der Waals surface area contributed by atoms with Crippen LogP contribution in [-0.2, 0) is 0 Å². The van der Waals surface area contributed by atoms with Crippen LogP contribution in [0.15, 0.2) is 67.1 Å². The Balaban J connectivity index is 1.72. The molecule has 0 aliphatic carbocycles. The maximum Gasteiger partial charge on any atom is 0.274 e. The number of hydrogen-bond donors (Lipinski definition) is 1. The van der Waals surface area contributed by atoms with Gasteiger partial charge in [-0.25, -0.2) is 4.98 Å². The second-order valence-electron chi connectivity index (χ2n) is 5.33. The predicted octanol–water partition coefficient (Wildman–Crippen LogP) is 3.70. The van der Waals surface area contributed by atoms with Crippen LogP contribution in [0.1, 0.15) is 10.5 Å². The quantitative estimate of drug-likeness (QED) is 0.612. The van der Waals surface area contributed by atoms with Crippen molar-refractivity contribution < 1.29 is 4.79 Å². The number of nitrogens with one attached hydrogen (secondary N) is 1. The Morgan fingerprint density at radius 1 is 1.08 bits per heavy atom. The standard InChI is InChI=1S/C18H12ClN5O/c19-13-4-1-2-5-15(13)22-18(25)16-10-20-17-8-7-12(11-24(16)17)14-6-3-9-21-23-14/h1-11H,(H,22,25). The number of nitrogens with zero attached hydrogens (tertiary/aromatic N) is 4. The molecule has 0 atom stereocenters. The Labute approximate surface area is 148 Å². The van der Waals surface area contributed by atoms with E-state index in [1.807, 2.05) is 36.5 Å². The Kier molecular flexibility index (Phi) is 3.87. The summed E-state index contributed by atoms with van der Waals surface area (Å²) in [6.07, 6.45) is 4.96. The van der Waals surface area contributed by atoms with Crippen LogP contribution in [-0.4, -0.2) is 25.5 Å². The highest BCUT2D eigenvalue weighted by atomic mass is 35.5. The lowest BCUT2D eigenvalue weighted by Gasteiger charge is -2.07. The zero-order chi connectivity index (χ0) is 17.2. The van der Waals surface area contributed by atoms with Crippen molar-refractivity contribution in [2.75, 3.05) is 5.32 Å².